The maximum Gasteiger partial charge on any atom is 0.272 e. The fourth-order valence-corrected chi connectivity index (χ4v) is 3.21. The first-order valence-corrected chi connectivity index (χ1v) is 8.18. The molecule has 1 fully saturated rings. The van der Waals surface area contributed by atoms with Crippen LogP contribution >= 0.6 is 0 Å². The lowest BCUT2D eigenvalue weighted by Crippen LogP contribution is -2.29. The van der Waals surface area contributed by atoms with Gasteiger partial charge in [-0.3, -0.25) is 9.89 Å². The number of aromatic amines is 1. The van der Waals surface area contributed by atoms with E-state index in [0.717, 1.165) is 31.2 Å². The van der Waals surface area contributed by atoms with Crippen LogP contribution in [0.25, 0.3) is 16.7 Å². The summed E-state index contributed by atoms with van der Waals surface area (Å²) < 4.78 is 1.68. The minimum Gasteiger partial charge on any atom is -0.393 e. The Morgan fingerprint density at radius 2 is 1.96 bits per heavy atom. The van der Waals surface area contributed by atoms with Crippen molar-refractivity contribution in [2.45, 2.75) is 37.8 Å². The van der Waals surface area contributed by atoms with Gasteiger partial charge < -0.3 is 10.4 Å². The summed E-state index contributed by atoms with van der Waals surface area (Å²) in [6.07, 6.45) is 4.89. The van der Waals surface area contributed by atoms with Crippen molar-refractivity contribution in [1.82, 2.24) is 19.7 Å². The van der Waals surface area contributed by atoms with Crippen molar-refractivity contribution in [2.75, 3.05) is 5.32 Å². The van der Waals surface area contributed by atoms with Crippen LogP contribution < -0.4 is 10.9 Å². The molecular formula is C17H19N5O2. The zero-order valence-electron chi connectivity index (χ0n) is 13.1. The molecule has 24 heavy (non-hydrogen) atoms. The number of nitrogens with zero attached hydrogens (tertiary/aromatic N) is 3. The summed E-state index contributed by atoms with van der Waals surface area (Å²) in [5.74, 6) is 1.15. The summed E-state index contributed by atoms with van der Waals surface area (Å²) in [4.78, 5) is 20.8. The number of H-pyrrole nitrogens is 1. The minimum absolute atomic E-state index is 0.139. The van der Waals surface area contributed by atoms with Crippen molar-refractivity contribution in [2.24, 2.45) is 0 Å². The third-order valence-corrected chi connectivity index (χ3v) is 4.50. The largest absolute Gasteiger partial charge is 0.393 e. The number of anilines is 1. The number of hydrogen-bond acceptors (Lipinski definition) is 5. The van der Waals surface area contributed by atoms with Gasteiger partial charge in [0.2, 0.25) is 5.95 Å². The smallest absolute Gasteiger partial charge is 0.272 e. The second-order valence-corrected chi connectivity index (χ2v) is 6.18. The molecule has 1 saturated carbocycles. The Balaban J connectivity index is 1.63. The molecule has 1 aliphatic carbocycles. The molecule has 3 N–H and O–H groups in total. The Bertz CT molecular complexity index is 908. The summed E-state index contributed by atoms with van der Waals surface area (Å²) in [6.45, 7) is 0. The molecule has 1 aromatic carbocycles. The first kappa shape index (κ1) is 14.9. The summed E-state index contributed by atoms with van der Waals surface area (Å²) in [7, 11) is 0. The van der Waals surface area contributed by atoms with Gasteiger partial charge in [-0.25, -0.2) is 9.67 Å². The Hall–Kier alpha value is -2.67. The van der Waals surface area contributed by atoms with Crippen LogP contribution in [0.3, 0.4) is 0 Å². The van der Waals surface area contributed by atoms with Gasteiger partial charge in [0.25, 0.3) is 5.56 Å². The van der Waals surface area contributed by atoms with Crippen LogP contribution in [-0.2, 0) is 0 Å². The van der Waals surface area contributed by atoms with E-state index in [1.165, 1.54) is 0 Å². The summed E-state index contributed by atoms with van der Waals surface area (Å²) >= 11 is 0. The summed E-state index contributed by atoms with van der Waals surface area (Å²) in [5, 5.41) is 16.4. The van der Waals surface area contributed by atoms with Crippen LogP contribution in [0.2, 0.25) is 0 Å². The van der Waals surface area contributed by atoms with Gasteiger partial charge in [0.1, 0.15) is 0 Å². The lowest BCUT2D eigenvalue weighted by atomic mass is 9.93. The number of para-hydroxylation sites is 1. The van der Waals surface area contributed by atoms with Crippen molar-refractivity contribution in [3.05, 3.63) is 46.9 Å². The van der Waals surface area contributed by atoms with E-state index >= 15 is 0 Å². The van der Waals surface area contributed by atoms with Gasteiger partial charge >= 0.3 is 0 Å². The van der Waals surface area contributed by atoms with Gasteiger partial charge in [-0.1, -0.05) is 12.1 Å². The minimum atomic E-state index is -0.188. The number of aliphatic hydroxyl groups excluding tert-OH is 1. The second-order valence-electron chi connectivity index (χ2n) is 6.18. The third-order valence-electron chi connectivity index (χ3n) is 4.50. The van der Waals surface area contributed by atoms with Crippen LogP contribution in [0.5, 0.6) is 0 Å². The summed E-state index contributed by atoms with van der Waals surface area (Å²) in [5.41, 5.74) is 0.646. The van der Waals surface area contributed by atoms with Gasteiger partial charge in [-0.05, 0) is 37.8 Å². The van der Waals surface area contributed by atoms with Gasteiger partial charge in [0.05, 0.1) is 17.0 Å². The number of fused-ring (bicyclic) bond motifs is 1. The fourth-order valence-electron chi connectivity index (χ4n) is 3.21. The first-order chi connectivity index (χ1) is 11.7. The molecule has 0 bridgehead atoms. The Morgan fingerprint density at radius 1 is 1.17 bits per heavy atom. The van der Waals surface area contributed by atoms with Gasteiger partial charge in [-0.15, -0.1) is 0 Å². The van der Waals surface area contributed by atoms with E-state index in [2.05, 4.69) is 20.4 Å². The zero-order chi connectivity index (χ0) is 16.5. The van der Waals surface area contributed by atoms with Crippen molar-refractivity contribution in [3.63, 3.8) is 0 Å². The predicted octanol–water partition coefficient (Wildman–Crippen LogP) is 1.82. The molecule has 0 saturated heterocycles. The molecule has 124 valence electrons. The monoisotopic (exact) mass is 325 g/mol. The van der Waals surface area contributed by atoms with E-state index in [0.29, 0.717) is 17.2 Å². The molecule has 2 aromatic heterocycles. The van der Waals surface area contributed by atoms with Crippen LogP contribution in [0.15, 0.2) is 41.3 Å². The maximum absolute atomic E-state index is 12.0. The van der Waals surface area contributed by atoms with E-state index in [1.54, 1.807) is 23.0 Å². The fraction of sp³-hybridized carbons (Fsp3) is 0.353. The molecule has 2 heterocycles. The SMILES string of the molecule is O=c1[nH]n(-c2ccnc(NC3CCC(O)CC3)n2)c2ccccc12. The molecular weight excluding hydrogens is 306 g/mol. The number of aromatic nitrogens is 4. The highest BCUT2D eigenvalue weighted by Crippen LogP contribution is 2.21. The van der Waals surface area contributed by atoms with Gasteiger partial charge in [0.15, 0.2) is 5.82 Å². The third kappa shape index (κ3) is 2.78. The molecule has 0 spiro atoms. The molecule has 0 aliphatic heterocycles. The average molecular weight is 325 g/mol. The standard InChI is InChI=1S/C17H19N5O2/c23-12-7-5-11(6-8-12)19-17-18-10-9-15(20-17)22-14-4-2-1-3-13(14)16(24)21-22/h1-4,9-12,23H,5-8H2,(H,21,24)(H,18,19,20). The summed E-state index contributed by atoms with van der Waals surface area (Å²) in [6, 6.07) is 9.43. The number of benzene rings is 1. The quantitative estimate of drug-likeness (QED) is 0.683. The van der Waals surface area contributed by atoms with Gasteiger partial charge in [-0.2, -0.15) is 4.98 Å². The molecule has 0 unspecified atom stereocenters. The zero-order valence-corrected chi connectivity index (χ0v) is 13.1. The van der Waals surface area contributed by atoms with E-state index in [9.17, 15) is 9.90 Å². The molecule has 1 aliphatic rings. The Kier molecular flexibility index (Phi) is 3.78. The molecule has 0 atom stereocenters. The normalized spacial score (nSPS) is 21.0. The molecule has 0 amide bonds. The lowest BCUT2D eigenvalue weighted by Gasteiger charge is -2.26. The number of hydrogen-bond donors (Lipinski definition) is 3. The van der Waals surface area contributed by atoms with Crippen LogP contribution in [0.4, 0.5) is 5.95 Å². The Morgan fingerprint density at radius 3 is 2.79 bits per heavy atom. The van der Waals surface area contributed by atoms with Crippen molar-refractivity contribution in [3.8, 4) is 5.82 Å². The van der Waals surface area contributed by atoms with E-state index in [-0.39, 0.29) is 17.7 Å². The number of nitrogens with one attached hydrogen (secondary N) is 2. The molecule has 7 heteroatoms. The highest BCUT2D eigenvalue weighted by molar-refractivity contribution is 5.79. The second kappa shape index (κ2) is 6.09. The van der Waals surface area contributed by atoms with E-state index in [1.807, 2.05) is 18.2 Å². The lowest BCUT2D eigenvalue weighted by molar-refractivity contribution is 0.126. The van der Waals surface area contributed by atoms with Gasteiger partial charge in [0, 0.05) is 18.3 Å². The highest BCUT2D eigenvalue weighted by atomic mass is 16.3. The molecule has 0 radical (unpaired) electrons. The van der Waals surface area contributed by atoms with Crippen LogP contribution in [0.1, 0.15) is 25.7 Å². The average Bonchev–Trinajstić information content (AvgIpc) is 2.95. The maximum atomic E-state index is 12.0. The van der Waals surface area contributed by atoms with E-state index in [4.69, 9.17) is 0 Å². The van der Waals surface area contributed by atoms with Crippen LogP contribution in [-0.4, -0.2) is 37.0 Å². The van der Waals surface area contributed by atoms with Crippen LogP contribution in [0, 0.1) is 0 Å². The number of rotatable bonds is 3. The highest BCUT2D eigenvalue weighted by Gasteiger charge is 2.20. The first-order valence-electron chi connectivity index (χ1n) is 8.18. The predicted molar refractivity (Wildman–Crippen MR) is 91.4 cm³/mol. The molecule has 3 aromatic rings. The van der Waals surface area contributed by atoms with E-state index < -0.39 is 0 Å². The van der Waals surface area contributed by atoms with Crippen molar-refractivity contribution < 1.29 is 5.11 Å². The molecule has 7 nitrogen and oxygen atoms in total. The Labute approximate surface area is 138 Å². The number of aliphatic hydroxyl groups is 1. The van der Waals surface area contributed by atoms with Crippen molar-refractivity contribution in [1.29, 1.82) is 0 Å². The topological polar surface area (TPSA) is 95.8 Å². The van der Waals surface area contributed by atoms with Crippen molar-refractivity contribution >= 4 is 16.9 Å². The molecule has 4 rings (SSSR count).